The van der Waals surface area contributed by atoms with E-state index in [1.54, 1.807) is 0 Å². The number of nitrogens with one attached hydrogen (secondary N) is 1. The van der Waals surface area contributed by atoms with E-state index in [0.29, 0.717) is 23.7 Å². The Morgan fingerprint density at radius 3 is 2.68 bits per heavy atom. The van der Waals surface area contributed by atoms with Crippen molar-refractivity contribution in [3.8, 4) is 5.69 Å². The Labute approximate surface area is 179 Å². The lowest BCUT2D eigenvalue weighted by Crippen LogP contribution is -2.36. The smallest absolute Gasteiger partial charge is 0.247 e. The minimum Gasteiger partial charge on any atom is -0.369 e. The summed E-state index contributed by atoms with van der Waals surface area (Å²) in [6, 6.07) is 6.95. The Morgan fingerprint density at radius 2 is 1.84 bits per heavy atom. The molecule has 0 radical (unpaired) electrons. The summed E-state index contributed by atoms with van der Waals surface area (Å²) in [4.78, 5) is 13.8. The third-order valence-electron chi connectivity index (χ3n) is 6.49. The van der Waals surface area contributed by atoms with Crippen molar-refractivity contribution < 1.29 is 8.78 Å². The minimum atomic E-state index is -0.924. The van der Waals surface area contributed by atoms with Crippen LogP contribution in [0.15, 0.2) is 36.8 Å². The van der Waals surface area contributed by atoms with Crippen LogP contribution in [0.25, 0.3) is 5.69 Å². The van der Waals surface area contributed by atoms with Gasteiger partial charge in [0.25, 0.3) is 0 Å². The Bertz CT molecular complexity index is 1100. The van der Waals surface area contributed by atoms with Crippen molar-refractivity contribution in [2.45, 2.75) is 38.3 Å². The first-order valence-electron chi connectivity index (χ1n) is 10.6. The summed E-state index contributed by atoms with van der Waals surface area (Å²) in [5.41, 5.74) is 3.13. The number of pyridine rings is 1. The van der Waals surface area contributed by atoms with E-state index in [4.69, 9.17) is 0 Å². The van der Waals surface area contributed by atoms with Crippen LogP contribution >= 0.6 is 0 Å². The molecule has 2 unspecified atom stereocenters. The molecule has 0 spiro atoms. The summed E-state index contributed by atoms with van der Waals surface area (Å²) >= 11 is 0. The summed E-state index contributed by atoms with van der Waals surface area (Å²) in [7, 11) is 2.24. The van der Waals surface area contributed by atoms with Crippen LogP contribution in [0.3, 0.4) is 0 Å². The van der Waals surface area contributed by atoms with Gasteiger partial charge in [0, 0.05) is 31.2 Å². The molecule has 2 fully saturated rings. The maximum Gasteiger partial charge on any atom is 0.247 e. The highest BCUT2D eigenvalue weighted by Crippen LogP contribution is 2.32. The second-order valence-electron chi connectivity index (χ2n) is 8.35. The van der Waals surface area contributed by atoms with Gasteiger partial charge in [0.1, 0.15) is 6.33 Å². The van der Waals surface area contributed by atoms with E-state index < -0.39 is 11.6 Å². The Balaban J connectivity index is 1.35. The number of nitrogens with zero attached hydrogens (tertiary/aromatic N) is 6. The molecular formula is C22H25F2N7. The van der Waals surface area contributed by atoms with Crippen molar-refractivity contribution in [2.75, 3.05) is 30.4 Å². The van der Waals surface area contributed by atoms with Crippen molar-refractivity contribution in [3.05, 3.63) is 54.1 Å². The molecule has 2 aliphatic heterocycles. The first kappa shape index (κ1) is 19.9. The highest BCUT2D eigenvalue weighted by molar-refractivity contribution is 5.63. The molecule has 2 bridgehead atoms. The summed E-state index contributed by atoms with van der Waals surface area (Å²) < 4.78 is 28.1. The van der Waals surface area contributed by atoms with Gasteiger partial charge in [0.15, 0.2) is 11.6 Å². The quantitative estimate of drug-likeness (QED) is 0.688. The average molecular weight is 425 g/mol. The summed E-state index contributed by atoms with van der Waals surface area (Å²) in [6.45, 7) is 3.94. The second-order valence-corrected chi connectivity index (χ2v) is 8.35. The number of fused-ring (bicyclic) bond motifs is 2. The van der Waals surface area contributed by atoms with Crippen LogP contribution in [0.2, 0.25) is 0 Å². The van der Waals surface area contributed by atoms with Gasteiger partial charge in [-0.3, -0.25) is 9.88 Å². The van der Waals surface area contributed by atoms with Gasteiger partial charge < -0.3 is 10.2 Å². The summed E-state index contributed by atoms with van der Waals surface area (Å²) in [5, 5.41) is 7.56. The molecule has 0 aliphatic carbocycles. The number of rotatable bonds is 4. The molecule has 5 rings (SSSR count). The van der Waals surface area contributed by atoms with Crippen LogP contribution in [0.1, 0.15) is 25.0 Å². The number of aromatic nitrogens is 4. The maximum atomic E-state index is 13.5. The van der Waals surface area contributed by atoms with Crippen molar-refractivity contribution in [1.29, 1.82) is 0 Å². The topological polar surface area (TPSA) is 62.1 Å². The molecule has 2 aliphatic rings. The minimum absolute atomic E-state index is 0.362. The molecule has 3 aromatic rings. The molecule has 2 atom stereocenters. The molecular weight excluding hydrogens is 400 g/mol. The molecule has 0 saturated carbocycles. The lowest BCUT2D eigenvalue weighted by Gasteiger charge is -2.27. The van der Waals surface area contributed by atoms with Crippen LogP contribution in [-0.2, 0) is 0 Å². The fourth-order valence-electron chi connectivity index (χ4n) is 4.56. The first-order valence-corrected chi connectivity index (χ1v) is 10.6. The summed E-state index contributed by atoms with van der Waals surface area (Å²) in [6.07, 6.45) is 7.08. The third kappa shape index (κ3) is 3.85. The highest BCUT2D eigenvalue weighted by atomic mass is 19.2. The first-order chi connectivity index (χ1) is 15.0. The van der Waals surface area contributed by atoms with Gasteiger partial charge in [-0.15, -0.1) is 5.10 Å². The zero-order valence-corrected chi connectivity index (χ0v) is 17.6. The van der Waals surface area contributed by atoms with E-state index in [2.05, 4.69) is 43.3 Å². The van der Waals surface area contributed by atoms with Crippen LogP contribution < -0.4 is 10.2 Å². The van der Waals surface area contributed by atoms with E-state index in [1.807, 2.05) is 13.1 Å². The Morgan fingerprint density at radius 1 is 1.00 bits per heavy atom. The van der Waals surface area contributed by atoms with E-state index in [0.717, 1.165) is 48.7 Å². The third-order valence-corrected chi connectivity index (χ3v) is 6.49. The average Bonchev–Trinajstić information content (AvgIpc) is 3.30. The maximum absolute atomic E-state index is 13.5. The van der Waals surface area contributed by atoms with E-state index in [1.165, 1.54) is 29.9 Å². The van der Waals surface area contributed by atoms with Gasteiger partial charge >= 0.3 is 0 Å². The number of likely N-dealkylation sites (N-methyl/N-ethyl adjacent to an activating group) is 1. The predicted molar refractivity (Wildman–Crippen MR) is 115 cm³/mol. The molecule has 31 heavy (non-hydrogen) atoms. The number of benzene rings is 1. The largest absolute Gasteiger partial charge is 0.369 e. The SMILES string of the molecule is Cc1ncc(N2CCC3CCC(C2)N3C)cc1Nc1ncn(-c2ccc(F)c(F)c2)n1. The summed E-state index contributed by atoms with van der Waals surface area (Å²) in [5.74, 6) is -1.46. The monoisotopic (exact) mass is 425 g/mol. The molecule has 7 nitrogen and oxygen atoms in total. The van der Waals surface area contributed by atoms with Crippen LogP contribution in [0.5, 0.6) is 0 Å². The molecule has 2 saturated heterocycles. The van der Waals surface area contributed by atoms with Gasteiger partial charge in [-0.2, -0.15) is 4.98 Å². The molecule has 2 aromatic heterocycles. The van der Waals surface area contributed by atoms with Crippen molar-refractivity contribution in [1.82, 2.24) is 24.6 Å². The molecule has 9 heteroatoms. The van der Waals surface area contributed by atoms with Crippen molar-refractivity contribution in [3.63, 3.8) is 0 Å². The van der Waals surface area contributed by atoms with Gasteiger partial charge in [-0.1, -0.05) is 0 Å². The lowest BCUT2D eigenvalue weighted by molar-refractivity contribution is 0.254. The van der Waals surface area contributed by atoms with Crippen LogP contribution in [0.4, 0.5) is 26.1 Å². The fourth-order valence-corrected chi connectivity index (χ4v) is 4.56. The van der Waals surface area contributed by atoms with Crippen molar-refractivity contribution >= 4 is 17.3 Å². The number of hydrogen-bond donors (Lipinski definition) is 1. The van der Waals surface area contributed by atoms with E-state index in [9.17, 15) is 8.78 Å². The van der Waals surface area contributed by atoms with Gasteiger partial charge in [0.05, 0.1) is 29.0 Å². The molecule has 1 N–H and O–H groups in total. The predicted octanol–water partition coefficient (Wildman–Crippen LogP) is 3.67. The molecule has 0 amide bonds. The normalized spacial score (nSPS) is 21.4. The number of anilines is 3. The standard InChI is InChI=1S/C22H25F2N7/c1-14-21(27-22-26-13-31(28-22)16-5-6-19(23)20(24)9-16)10-18(11-25-14)30-8-7-15-3-4-17(12-30)29(15)2/h5-6,9-11,13,15,17H,3-4,7-8,12H2,1-2H3,(H,27,28). The fraction of sp³-hybridized carbons (Fsp3) is 0.409. The number of halogens is 2. The number of hydrogen-bond acceptors (Lipinski definition) is 6. The zero-order chi connectivity index (χ0) is 21.5. The zero-order valence-electron chi connectivity index (χ0n) is 17.6. The van der Waals surface area contributed by atoms with Gasteiger partial charge in [-0.25, -0.2) is 13.5 Å². The number of aryl methyl sites for hydroxylation is 1. The van der Waals surface area contributed by atoms with E-state index >= 15 is 0 Å². The molecule has 1 aromatic carbocycles. The molecule has 162 valence electrons. The second kappa shape index (κ2) is 7.88. The van der Waals surface area contributed by atoms with E-state index in [-0.39, 0.29) is 0 Å². The lowest BCUT2D eigenvalue weighted by atomic mass is 10.1. The van der Waals surface area contributed by atoms with Gasteiger partial charge in [0.2, 0.25) is 5.95 Å². The molecule has 4 heterocycles. The Kier molecular flexibility index (Phi) is 5.05. The van der Waals surface area contributed by atoms with Crippen molar-refractivity contribution in [2.24, 2.45) is 0 Å². The van der Waals surface area contributed by atoms with Crippen LogP contribution in [-0.4, -0.2) is 56.9 Å². The van der Waals surface area contributed by atoms with Gasteiger partial charge in [-0.05, 0) is 51.4 Å². The Hall–Kier alpha value is -3.07. The van der Waals surface area contributed by atoms with Crippen LogP contribution in [0, 0.1) is 18.6 Å². The highest BCUT2D eigenvalue weighted by Gasteiger charge is 2.34.